The third-order valence-electron chi connectivity index (χ3n) is 3.85. The van der Waals surface area contributed by atoms with E-state index in [0.717, 1.165) is 32.1 Å². The summed E-state index contributed by atoms with van der Waals surface area (Å²) in [7, 11) is 0. The van der Waals surface area contributed by atoms with Crippen LogP contribution in [0.3, 0.4) is 0 Å². The first-order valence-electron chi connectivity index (χ1n) is 6.73. The monoisotopic (exact) mass is 297 g/mol. The predicted molar refractivity (Wildman–Crippen MR) is 75.5 cm³/mol. The zero-order chi connectivity index (χ0) is 14.6. The lowest BCUT2D eigenvalue weighted by atomic mass is 9.73. The molecular formula is C13H19N3O3S. The molecular weight excluding hydrogens is 278 g/mol. The van der Waals surface area contributed by atoms with Crippen molar-refractivity contribution in [3.63, 3.8) is 0 Å². The van der Waals surface area contributed by atoms with Crippen LogP contribution >= 0.6 is 11.3 Å². The van der Waals surface area contributed by atoms with E-state index < -0.39 is 11.4 Å². The Morgan fingerprint density at radius 2 is 2.10 bits per heavy atom. The van der Waals surface area contributed by atoms with Crippen LogP contribution in [0.2, 0.25) is 0 Å². The summed E-state index contributed by atoms with van der Waals surface area (Å²) in [4.78, 5) is 27.0. The maximum Gasteiger partial charge on any atom is 0.355 e. The first kappa shape index (κ1) is 14.9. The number of rotatable bonds is 5. The van der Waals surface area contributed by atoms with Crippen LogP contribution < -0.4 is 11.1 Å². The average molecular weight is 297 g/mol. The quantitative estimate of drug-likeness (QED) is 0.761. The minimum atomic E-state index is -1.05. The van der Waals surface area contributed by atoms with Crippen LogP contribution in [0.4, 0.5) is 0 Å². The van der Waals surface area contributed by atoms with Gasteiger partial charge in [-0.05, 0) is 12.8 Å². The van der Waals surface area contributed by atoms with Crippen molar-refractivity contribution >= 4 is 23.2 Å². The number of nitrogens with zero attached hydrogens (tertiary/aromatic N) is 1. The van der Waals surface area contributed by atoms with Gasteiger partial charge in [0.15, 0.2) is 5.69 Å². The van der Waals surface area contributed by atoms with E-state index in [9.17, 15) is 9.59 Å². The Kier molecular flexibility index (Phi) is 4.72. The van der Waals surface area contributed by atoms with Gasteiger partial charge in [0.05, 0.1) is 12.0 Å². The van der Waals surface area contributed by atoms with Crippen molar-refractivity contribution in [1.82, 2.24) is 10.3 Å². The highest BCUT2D eigenvalue weighted by atomic mass is 32.1. The summed E-state index contributed by atoms with van der Waals surface area (Å²) in [6.45, 7) is 0.621. The molecule has 0 bridgehead atoms. The molecule has 0 atom stereocenters. The molecule has 7 heteroatoms. The SMILES string of the molecule is NCC1(C(=O)NCc2nc(C(=O)O)cs2)CCCCC1. The molecule has 110 valence electrons. The number of amides is 1. The van der Waals surface area contributed by atoms with Crippen LogP contribution in [0, 0.1) is 5.41 Å². The average Bonchev–Trinajstić information content (AvgIpc) is 2.94. The summed E-state index contributed by atoms with van der Waals surface area (Å²) in [6, 6.07) is 0. The Hall–Kier alpha value is -1.47. The van der Waals surface area contributed by atoms with Crippen LogP contribution in [-0.2, 0) is 11.3 Å². The first-order valence-corrected chi connectivity index (χ1v) is 7.61. The molecule has 1 aromatic heterocycles. The molecule has 1 aliphatic rings. The molecule has 1 aromatic rings. The Labute approximate surface area is 121 Å². The molecule has 4 N–H and O–H groups in total. The van der Waals surface area contributed by atoms with Crippen molar-refractivity contribution in [2.75, 3.05) is 6.54 Å². The van der Waals surface area contributed by atoms with Crippen molar-refractivity contribution in [3.8, 4) is 0 Å². The Balaban J connectivity index is 1.94. The molecule has 1 aliphatic carbocycles. The number of carboxylic acid groups (broad SMARTS) is 1. The van der Waals surface area contributed by atoms with E-state index in [1.54, 1.807) is 0 Å². The molecule has 20 heavy (non-hydrogen) atoms. The molecule has 0 unspecified atom stereocenters. The number of aromatic carboxylic acids is 1. The number of nitrogens with one attached hydrogen (secondary N) is 1. The zero-order valence-corrected chi connectivity index (χ0v) is 12.0. The highest BCUT2D eigenvalue weighted by Gasteiger charge is 2.37. The van der Waals surface area contributed by atoms with Gasteiger partial charge in [0, 0.05) is 11.9 Å². The molecule has 1 fully saturated rings. The van der Waals surface area contributed by atoms with Gasteiger partial charge in [-0.1, -0.05) is 19.3 Å². The Morgan fingerprint density at radius 1 is 1.40 bits per heavy atom. The number of carboxylic acids is 1. The zero-order valence-electron chi connectivity index (χ0n) is 11.2. The van der Waals surface area contributed by atoms with E-state index in [0.29, 0.717) is 11.6 Å². The summed E-state index contributed by atoms with van der Waals surface area (Å²) in [5.74, 6) is -1.09. The number of aromatic nitrogens is 1. The van der Waals surface area contributed by atoms with Crippen molar-refractivity contribution in [3.05, 3.63) is 16.1 Å². The summed E-state index contributed by atoms with van der Waals surface area (Å²) < 4.78 is 0. The largest absolute Gasteiger partial charge is 0.476 e. The number of carbonyl (C=O) groups excluding carboxylic acids is 1. The smallest absolute Gasteiger partial charge is 0.355 e. The van der Waals surface area contributed by atoms with E-state index in [2.05, 4.69) is 10.3 Å². The van der Waals surface area contributed by atoms with E-state index in [4.69, 9.17) is 10.8 Å². The maximum absolute atomic E-state index is 12.3. The van der Waals surface area contributed by atoms with Gasteiger partial charge in [-0.25, -0.2) is 9.78 Å². The number of thiazole rings is 1. The van der Waals surface area contributed by atoms with Gasteiger partial charge < -0.3 is 16.2 Å². The van der Waals surface area contributed by atoms with Crippen LogP contribution in [-0.4, -0.2) is 28.5 Å². The van der Waals surface area contributed by atoms with Gasteiger partial charge in [0.1, 0.15) is 5.01 Å². The molecule has 0 aliphatic heterocycles. The van der Waals surface area contributed by atoms with Crippen molar-refractivity contribution < 1.29 is 14.7 Å². The van der Waals surface area contributed by atoms with Gasteiger partial charge in [0.2, 0.25) is 5.91 Å². The van der Waals surface area contributed by atoms with Crippen LogP contribution in [0.5, 0.6) is 0 Å². The van der Waals surface area contributed by atoms with Gasteiger partial charge in [-0.3, -0.25) is 4.79 Å². The lowest BCUT2D eigenvalue weighted by Crippen LogP contribution is -2.46. The first-order chi connectivity index (χ1) is 9.57. The molecule has 0 radical (unpaired) electrons. The molecule has 1 heterocycles. The van der Waals surface area contributed by atoms with Crippen LogP contribution in [0.25, 0.3) is 0 Å². The van der Waals surface area contributed by atoms with Crippen LogP contribution in [0.1, 0.15) is 47.6 Å². The summed E-state index contributed by atoms with van der Waals surface area (Å²) in [5, 5.41) is 13.7. The molecule has 0 spiro atoms. The van der Waals surface area contributed by atoms with E-state index >= 15 is 0 Å². The van der Waals surface area contributed by atoms with Gasteiger partial charge >= 0.3 is 5.97 Å². The van der Waals surface area contributed by atoms with E-state index in [1.807, 2.05) is 0 Å². The number of hydrogen-bond acceptors (Lipinski definition) is 5. The van der Waals surface area contributed by atoms with Crippen molar-refractivity contribution in [2.24, 2.45) is 11.1 Å². The minimum Gasteiger partial charge on any atom is -0.476 e. The molecule has 1 amide bonds. The summed E-state index contributed by atoms with van der Waals surface area (Å²) in [5.41, 5.74) is 5.37. The molecule has 6 nitrogen and oxygen atoms in total. The second-order valence-corrected chi connectivity index (χ2v) is 6.10. The number of nitrogens with two attached hydrogens (primary N) is 1. The van der Waals surface area contributed by atoms with Crippen molar-refractivity contribution in [2.45, 2.75) is 38.6 Å². The molecule has 0 saturated heterocycles. The normalized spacial score (nSPS) is 17.6. The van der Waals surface area contributed by atoms with Crippen LogP contribution in [0.15, 0.2) is 5.38 Å². The highest BCUT2D eigenvalue weighted by molar-refractivity contribution is 7.09. The topological polar surface area (TPSA) is 105 Å². The fraction of sp³-hybridized carbons (Fsp3) is 0.615. The lowest BCUT2D eigenvalue weighted by Gasteiger charge is -2.34. The molecule has 1 saturated carbocycles. The standard InChI is InChI=1S/C13H19N3O3S/c14-8-13(4-2-1-3-5-13)12(19)15-6-10-16-9(7-20-10)11(17)18/h7H,1-6,8,14H2,(H,15,19)(H,17,18). The molecule has 0 aromatic carbocycles. The Bertz CT molecular complexity index is 495. The summed E-state index contributed by atoms with van der Waals surface area (Å²) in [6.07, 6.45) is 4.88. The fourth-order valence-electron chi connectivity index (χ4n) is 2.59. The van der Waals surface area contributed by atoms with Gasteiger partial charge in [0.25, 0.3) is 0 Å². The second-order valence-electron chi connectivity index (χ2n) is 5.16. The third-order valence-corrected chi connectivity index (χ3v) is 4.70. The van der Waals surface area contributed by atoms with E-state index in [-0.39, 0.29) is 18.1 Å². The minimum absolute atomic E-state index is 0.0189. The highest BCUT2D eigenvalue weighted by Crippen LogP contribution is 2.35. The number of carbonyl (C=O) groups is 2. The summed E-state index contributed by atoms with van der Waals surface area (Å²) >= 11 is 1.24. The predicted octanol–water partition coefficient (Wildman–Crippen LogP) is 1.37. The molecule has 2 rings (SSSR count). The van der Waals surface area contributed by atoms with Gasteiger partial charge in [-0.15, -0.1) is 11.3 Å². The Morgan fingerprint density at radius 3 is 2.65 bits per heavy atom. The number of hydrogen-bond donors (Lipinski definition) is 3. The maximum atomic E-state index is 12.3. The lowest BCUT2D eigenvalue weighted by molar-refractivity contribution is -0.132. The second kappa shape index (κ2) is 6.32. The third kappa shape index (κ3) is 3.16. The van der Waals surface area contributed by atoms with E-state index in [1.165, 1.54) is 16.7 Å². The fourth-order valence-corrected chi connectivity index (χ4v) is 3.29. The van der Waals surface area contributed by atoms with Gasteiger partial charge in [-0.2, -0.15) is 0 Å². The van der Waals surface area contributed by atoms with Crippen molar-refractivity contribution in [1.29, 1.82) is 0 Å².